The number of esters is 1. The van der Waals surface area contributed by atoms with Crippen LogP contribution in [0.3, 0.4) is 0 Å². The van der Waals surface area contributed by atoms with Crippen LogP contribution in [-0.4, -0.2) is 73.3 Å². The minimum Gasteiger partial charge on any atom is -0.462 e. The van der Waals surface area contributed by atoms with E-state index in [-0.39, 0.29) is 23.4 Å². The topological polar surface area (TPSA) is 185 Å². The zero-order chi connectivity index (χ0) is 30.9. The van der Waals surface area contributed by atoms with Gasteiger partial charge in [0.1, 0.15) is 24.0 Å². The highest BCUT2D eigenvalue weighted by Gasteiger charge is 2.57. The first-order chi connectivity index (χ1) is 20.4. The van der Waals surface area contributed by atoms with Gasteiger partial charge in [0.25, 0.3) is 0 Å². The van der Waals surface area contributed by atoms with Crippen molar-refractivity contribution in [1.29, 1.82) is 0 Å². The molecule has 2 aliphatic rings. The molecule has 1 unspecified atom stereocenters. The zero-order valence-electron chi connectivity index (χ0n) is 23.9. The number of nitrogens with zero attached hydrogens (tertiary/aromatic N) is 4. The normalized spacial score (nSPS) is 25.8. The molecule has 0 amide bonds. The van der Waals surface area contributed by atoms with Crippen molar-refractivity contribution in [3.05, 3.63) is 49.3 Å². The number of anilines is 2. The van der Waals surface area contributed by atoms with Gasteiger partial charge >= 0.3 is 13.7 Å². The number of aromatic nitrogens is 4. The molecule has 1 aromatic carbocycles. The monoisotopic (exact) mass is 619 g/mol. The van der Waals surface area contributed by atoms with Crippen LogP contribution in [0.4, 0.5) is 16.2 Å². The summed E-state index contributed by atoms with van der Waals surface area (Å²) in [7, 11) is -4.32. The molecule has 1 saturated heterocycles. The summed E-state index contributed by atoms with van der Waals surface area (Å²) in [5, 5.41) is 16.8. The van der Waals surface area contributed by atoms with E-state index in [1.807, 2.05) is 0 Å². The van der Waals surface area contributed by atoms with Crippen LogP contribution in [0.5, 0.6) is 5.75 Å². The van der Waals surface area contributed by atoms with Crippen LogP contribution in [0, 0.1) is 0 Å². The number of rotatable bonds is 13. The Kier molecular flexibility index (Phi) is 8.72. The highest BCUT2D eigenvalue weighted by molar-refractivity contribution is 7.52. The number of ether oxygens (including phenoxy) is 2. The molecule has 1 aliphatic carbocycles. The number of para-hydroxylation sites is 1. The molecule has 2 fully saturated rings. The van der Waals surface area contributed by atoms with Crippen molar-refractivity contribution in [2.24, 2.45) is 0 Å². The summed E-state index contributed by atoms with van der Waals surface area (Å²) in [5.74, 6) is -0.169. The van der Waals surface area contributed by atoms with E-state index in [1.165, 1.54) is 17.8 Å². The number of benzene rings is 1. The molecule has 43 heavy (non-hydrogen) atoms. The highest BCUT2D eigenvalue weighted by Crippen LogP contribution is 2.48. The van der Waals surface area contributed by atoms with Gasteiger partial charge in [-0.2, -0.15) is 15.1 Å². The SMILES string of the molecule is C=C[C@@]1(F)[C@H](O)C(CO[P@@](=O)(N[C@H](C)C(=O)OC(C)C)Oc2ccccc2)O[C@H]1n1cnc2c(NC3CC3)nc(N)nc21. The van der Waals surface area contributed by atoms with Gasteiger partial charge in [-0.05, 0) is 51.8 Å². The number of halogens is 1. The molecule has 2 aromatic heterocycles. The van der Waals surface area contributed by atoms with Crippen LogP contribution in [0.1, 0.15) is 39.8 Å². The van der Waals surface area contributed by atoms with E-state index in [4.69, 9.17) is 24.3 Å². The van der Waals surface area contributed by atoms with Gasteiger partial charge < -0.3 is 30.2 Å². The van der Waals surface area contributed by atoms with E-state index in [2.05, 4.69) is 31.9 Å². The van der Waals surface area contributed by atoms with Crippen molar-refractivity contribution in [2.75, 3.05) is 17.7 Å². The predicted molar refractivity (Wildman–Crippen MR) is 155 cm³/mol. The number of alkyl halides is 1. The number of fused-ring (bicyclic) bond motifs is 1. The fraction of sp³-hybridized carbons (Fsp3) is 0.481. The lowest BCUT2D eigenvalue weighted by atomic mass is 9.96. The second kappa shape index (κ2) is 12.2. The van der Waals surface area contributed by atoms with Crippen molar-refractivity contribution >= 4 is 36.6 Å². The lowest BCUT2D eigenvalue weighted by Crippen LogP contribution is -2.42. The Balaban J connectivity index is 1.38. The van der Waals surface area contributed by atoms with Gasteiger partial charge in [0, 0.05) is 6.04 Å². The Bertz CT molecular complexity index is 1520. The van der Waals surface area contributed by atoms with Gasteiger partial charge in [0.2, 0.25) is 11.6 Å². The number of carbonyl (C=O) groups excluding carboxylic acids is 1. The van der Waals surface area contributed by atoms with Crippen molar-refractivity contribution in [3.8, 4) is 5.75 Å². The number of imidazole rings is 1. The molecule has 3 aromatic rings. The maximum Gasteiger partial charge on any atom is 0.459 e. The van der Waals surface area contributed by atoms with Gasteiger partial charge in [-0.1, -0.05) is 24.8 Å². The summed E-state index contributed by atoms with van der Waals surface area (Å²) in [4.78, 5) is 25.2. The maximum atomic E-state index is 16.4. The van der Waals surface area contributed by atoms with Gasteiger partial charge in [-0.3, -0.25) is 13.9 Å². The minimum absolute atomic E-state index is 0.0610. The number of nitrogens with one attached hydrogen (secondary N) is 2. The second-order valence-corrected chi connectivity index (χ2v) is 12.4. The van der Waals surface area contributed by atoms with E-state index < -0.39 is 56.6 Å². The molecule has 14 nitrogen and oxygen atoms in total. The van der Waals surface area contributed by atoms with Gasteiger partial charge in [-0.25, -0.2) is 13.9 Å². The van der Waals surface area contributed by atoms with Gasteiger partial charge in [-0.15, -0.1) is 0 Å². The quantitative estimate of drug-likeness (QED) is 0.124. The Hall–Kier alpha value is -3.62. The van der Waals surface area contributed by atoms with E-state index >= 15 is 4.39 Å². The summed E-state index contributed by atoms with van der Waals surface area (Å²) in [5.41, 5.74) is 3.91. The predicted octanol–water partition coefficient (Wildman–Crippen LogP) is 3.27. The number of aliphatic hydroxyl groups is 1. The molecule has 6 atom stereocenters. The molecule has 5 N–H and O–H groups in total. The highest BCUT2D eigenvalue weighted by atomic mass is 31.2. The van der Waals surface area contributed by atoms with E-state index in [1.54, 1.807) is 44.2 Å². The lowest BCUT2D eigenvalue weighted by molar-refractivity contribution is -0.149. The smallest absolute Gasteiger partial charge is 0.459 e. The molecular formula is C27H35FN7O7P. The Morgan fingerprint density at radius 3 is 2.70 bits per heavy atom. The molecule has 0 radical (unpaired) electrons. The summed E-state index contributed by atoms with van der Waals surface area (Å²) in [6.07, 6.45) is -0.912. The van der Waals surface area contributed by atoms with Gasteiger partial charge in [0.05, 0.1) is 19.0 Å². The minimum atomic E-state index is -4.32. The Morgan fingerprint density at radius 2 is 2.05 bits per heavy atom. The van der Waals surface area contributed by atoms with Crippen molar-refractivity contribution in [1.82, 2.24) is 24.6 Å². The van der Waals surface area contributed by atoms with Crippen molar-refractivity contribution < 1.29 is 37.4 Å². The Morgan fingerprint density at radius 1 is 1.33 bits per heavy atom. The van der Waals surface area contributed by atoms with Crippen LogP contribution in [0.2, 0.25) is 0 Å². The number of nitrogen functional groups attached to an aromatic ring is 1. The third-order valence-electron chi connectivity index (χ3n) is 6.84. The van der Waals surface area contributed by atoms with E-state index in [0.29, 0.717) is 11.3 Å². The van der Waals surface area contributed by atoms with Crippen LogP contribution < -0.4 is 20.7 Å². The third kappa shape index (κ3) is 6.65. The van der Waals surface area contributed by atoms with Gasteiger partial charge in [0.15, 0.2) is 23.2 Å². The Labute approximate surface area is 247 Å². The summed E-state index contributed by atoms with van der Waals surface area (Å²) in [6, 6.07) is 7.26. The number of nitrogens with two attached hydrogens (primary N) is 1. The van der Waals surface area contributed by atoms with E-state index in [9.17, 15) is 14.5 Å². The molecule has 232 valence electrons. The summed E-state index contributed by atoms with van der Waals surface area (Å²) in [6.45, 7) is 7.75. The zero-order valence-corrected chi connectivity index (χ0v) is 24.8. The summed E-state index contributed by atoms with van der Waals surface area (Å²) >= 11 is 0. The molecule has 16 heteroatoms. The first kappa shape index (κ1) is 30.8. The molecule has 1 saturated carbocycles. The lowest BCUT2D eigenvalue weighted by Gasteiger charge is -2.26. The summed E-state index contributed by atoms with van der Waals surface area (Å²) < 4.78 is 54.0. The van der Waals surface area contributed by atoms with Crippen LogP contribution in [-0.2, 0) is 23.4 Å². The first-order valence-corrected chi connectivity index (χ1v) is 15.4. The average molecular weight is 620 g/mol. The van der Waals surface area contributed by atoms with Crippen LogP contribution in [0.25, 0.3) is 11.2 Å². The standard InChI is InChI=1S/C27H35FN7O7P/c1-5-27(28)21(36)19(41-25(27)35-14-30-20-22(31-17-11-12-17)32-26(29)33-23(20)35)13-39-43(38,42-18-9-7-6-8-10-18)34-16(4)24(37)40-15(2)3/h5-10,14-17,19,21,25,36H,1,11-13H2,2-4H3,(H,34,38)(H3,29,31,32,33)/t16-,19?,21-,25-,27-,43+/m1/s1. The molecule has 1 aliphatic heterocycles. The fourth-order valence-corrected chi connectivity index (χ4v) is 6.04. The van der Waals surface area contributed by atoms with E-state index in [0.717, 1.165) is 18.9 Å². The van der Waals surface area contributed by atoms with Crippen LogP contribution >= 0.6 is 7.75 Å². The number of aliphatic hydroxyl groups excluding tert-OH is 1. The number of hydrogen-bond donors (Lipinski definition) is 4. The first-order valence-electron chi connectivity index (χ1n) is 13.8. The molecule has 5 rings (SSSR count). The average Bonchev–Trinajstić information content (AvgIpc) is 3.62. The maximum absolute atomic E-state index is 16.4. The number of carbonyl (C=O) groups is 1. The second-order valence-electron chi connectivity index (χ2n) is 10.7. The fourth-order valence-electron chi connectivity index (χ4n) is 4.54. The molecule has 3 heterocycles. The molecular weight excluding hydrogens is 584 g/mol. The molecule has 0 spiro atoms. The van der Waals surface area contributed by atoms with Crippen LogP contribution in [0.15, 0.2) is 49.3 Å². The molecule has 0 bridgehead atoms. The third-order valence-corrected chi connectivity index (χ3v) is 8.49. The largest absolute Gasteiger partial charge is 0.462 e. The number of hydrogen-bond acceptors (Lipinski definition) is 12. The van der Waals surface area contributed by atoms with Crippen molar-refractivity contribution in [3.63, 3.8) is 0 Å². The van der Waals surface area contributed by atoms with Crippen molar-refractivity contribution in [2.45, 2.75) is 75.9 Å².